The molecule has 5 N–H and O–H groups in total. The molecule has 8 nitrogen and oxygen atoms in total. The molecule has 11 heteroatoms. The highest BCUT2D eigenvalue weighted by Gasteiger charge is 2.30. The summed E-state index contributed by atoms with van der Waals surface area (Å²) >= 11 is 0. The fourth-order valence-corrected chi connectivity index (χ4v) is 2.04. The number of aryl methyl sites for hydroxylation is 1. The molecule has 0 radical (unpaired) electrons. The van der Waals surface area contributed by atoms with Gasteiger partial charge >= 0.3 is 12.4 Å². The third-order valence-electron chi connectivity index (χ3n) is 3.11. The Bertz CT molecular complexity index is 768. The number of ether oxygens (including phenoxy) is 1. The van der Waals surface area contributed by atoms with Crippen LogP contribution in [0.15, 0.2) is 30.3 Å². The fourth-order valence-electron chi connectivity index (χ4n) is 2.04. The summed E-state index contributed by atoms with van der Waals surface area (Å²) in [7, 11) is 0. The minimum Gasteiger partial charge on any atom is -0.406 e. The number of amides is 2. The summed E-state index contributed by atoms with van der Waals surface area (Å²) in [6, 6.07) is 5.81. The monoisotopic (exact) mass is 384 g/mol. The van der Waals surface area contributed by atoms with Gasteiger partial charge in [0.2, 0.25) is 5.95 Å². The van der Waals surface area contributed by atoms with Crippen molar-refractivity contribution in [1.29, 1.82) is 0 Å². The van der Waals surface area contributed by atoms with Crippen LogP contribution in [0.25, 0.3) is 0 Å². The number of carbonyl (C=O) groups excluding carboxylic acids is 1. The van der Waals surface area contributed by atoms with Crippen molar-refractivity contribution in [2.24, 2.45) is 5.73 Å². The minimum atomic E-state index is -4.77. The van der Waals surface area contributed by atoms with Crippen molar-refractivity contribution in [2.45, 2.75) is 19.7 Å². The van der Waals surface area contributed by atoms with E-state index in [0.717, 1.165) is 18.6 Å². The zero-order chi connectivity index (χ0) is 19.9. The first kappa shape index (κ1) is 20.2. The number of carbonyl (C=O) groups is 1. The lowest BCUT2D eigenvalue weighted by Gasteiger charge is -2.11. The van der Waals surface area contributed by atoms with E-state index in [1.807, 2.05) is 0 Å². The van der Waals surface area contributed by atoms with Crippen LogP contribution in [0, 0.1) is 6.92 Å². The van der Waals surface area contributed by atoms with Crippen molar-refractivity contribution in [3.8, 4) is 5.75 Å². The molecule has 0 atom stereocenters. The number of urea groups is 1. The van der Waals surface area contributed by atoms with Gasteiger partial charge in [-0.1, -0.05) is 0 Å². The second-order valence-corrected chi connectivity index (χ2v) is 5.44. The van der Waals surface area contributed by atoms with E-state index in [9.17, 15) is 18.0 Å². The second-order valence-electron chi connectivity index (χ2n) is 5.44. The van der Waals surface area contributed by atoms with Gasteiger partial charge in [-0.05, 0) is 44.2 Å². The van der Waals surface area contributed by atoms with E-state index in [1.165, 1.54) is 12.1 Å². The molecular weight excluding hydrogens is 365 g/mol. The van der Waals surface area contributed by atoms with Crippen LogP contribution < -0.4 is 26.4 Å². The van der Waals surface area contributed by atoms with E-state index in [0.29, 0.717) is 24.6 Å². The number of nitrogens with two attached hydrogens (primary N) is 1. The van der Waals surface area contributed by atoms with Crippen LogP contribution in [0.1, 0.15) is 12.1 Å². The first-order chi connectivity index (χ1) is 12.7. The average Bonchev–Trinajstić information content (AvgIpc) is 2.55. The van der Waals surface area contributed by atoms with E-state index in [1.54, 1.807) is 13.0 Å². The molecule has 0 fully saturated rings. The number of halogens is 3. The van der Waals surface area contributed by atoms with Crippen molar-refractivity contribution in [2.75, 3.05) is 29.0 Å². The van der Waals surface area contributed by atoms with Gasteiger partial charge in [0.15, 0.2) is 0 Å². The van der Waals surface area contributed by atoms with Crippen molar-refractivity contribution in [1.82, 2.24) is 9.97 Å². The quantitative estimate of drug-likeness (QED) is 0.546. The topological polar surface area (TPSA) is 114 Å². The lowest BCUT2D eigenvalue weighted by atomic mass is 10.3. The first-order valence-corrected chi connectivity index (χ1v) is 7.98. The molecular formula is C16H19F3N6O2. The number of nitrogens with one attached hydrogen (secondary N) is 3. The largest absolute Gasteiger partial charge is 0.573 e. The van der Waals surface area contributed by atoms with E-state index in [2.05, 4.69) is 30.7 Å². The summed E-state index contributed by atoms with van der Waals surface area (Å²) in [6.07, 6.45) is -4.01. The molecule has 0 aliphatic carbocycles. The SMILES string of the molecule is Cc1cc(NCCCN)nc(NC(=O)Nc2ccc(OC(F)(F)F)cc2)n1. The van der Waals surface area contributed by atoms with Gasteiger partial charge in [-0.2, -0.15) is 4.98 Å². The molecule has 0 aliphatic rings. The van der Waals surface area contributed by atoms with Crippen LogP contribution in [0.4, 0.5) is 35.4 Å². The minimum absolute atomic E-state index is 0.0831. The van der Waals surface area contributed by atoms with Crippen LogP contribution in [0.2, 0.25) is 0 Å². The molecule has 2 aromatic rings. The van der Waals surface area contributed by atoms with Gasteiger partial charge in [-0.3, -0.25) is 5.32 Å². The smallest absolute Gasteiger partial charge is 0.406 e. The standard InChI is InChI=1S/C16H19F3N6O2/c1-10-9-13(21-8-2-7-20)24-14(22-10)25-15(26)23-11-3-5-12(6-4-11)27-16(17,18)19/h3-6,9H,2,7-8,20H2,1H3,(H3,21,22,23,24,25,26). The fraction of sp³-hybridized carbons (Fsp3) is 0.312. The lowest BCUT2D eigenvalue weighted by Crippen LogP contribution is -2.21. The van der Waals surface area contributed by atoms with Gasteiger partial charge in [-0.25, -0.2) is 9.78 Å². The average molecular weight is 384 g/mol. The number of benzene rings is 1. The summed E-state index contributed by atoms with van der Waals surface area (Å²) in [6.45, 7) is 2.92. The molecule has 1 aromatic carbocycles. The van der Waals surface area contributed by atoms with Gasteiger partial charge in [0.25, 0.3) is 0 Å². The van der Waals surface area contributed by atoms with E-state index in [-0.39, 0.29) is 17.4 Å². The highest BCUT2D eigenvalue weighted by atomic mass is 19.4. The number of anilines is 3. The Hall–Kier alpha value is -3.08. The predicted octanol–water partition coefficient (Wildman–Crippen LogP) is 3.09. The molecule has 0 aliphatic heterocycles. The van der Waals surface area contributed by atoms with Gasteiger partial charge in [0, 0.05) is 24.0 Å². The molecule has 0 bridgehead atoms. The maximum atomic E-state index is 12.1. The maximum Gasteiger partial charge on any atom is 0.573 e. The molecule has 2 amide bonds. The highest BCUT2D eigenvalue weighted by molar-refractivity contribution is 5.98. The normalized spacial score (nSPS) is 11.0. The van der Waals surface area contributed by atoms with Gasteiger partial charge in [-0.15, -0.1) is 13.2 Å². The predicted molar refractivity (Wildman–Crippen MR) is 94.7 cm³/mol. The Morgan fingerprint density at radius 3 is 2.52 bits per heavy atom. The summed E-state index contributed by atoms with van der Waals surface area (Å²) in [4.78, 5) is 20.3. The lowest BCUT2D eigenvalue weighted by molar-refractivity contribution is -0.274. The van der Waals surface area contributed by atoms with Gasteiger partial charge < -0.3 is 21.1 Å². The molecule has 1 heterocycles. The first-order valence-electron chi connectivity index (χ1n) is 7.98. The summed E-state index contributed by atoms with van der Waals surface area (Å²) in [5, 5.41) is 8.00. The molecule has 27 heavy (non-hydrogen) atoms. The zero-order valence-electron chi connectivity index (χ0n) is 14.4. The van der Waals surface area contributed by atoms with E-state index < -0.39 is 12.4 Å². The Morgan fingerprint density at radius 1 is 1.19 bits per heavy atom. The summed E-state index contributed by atoms with van der Waals surface area (Å²) < 4.78 is 40.2. The highest BCUT2D eigenvalue weighted by Crippen LogP contribution is 2.24. The summed E-state index contributed by atoms with van der Waals surface area (Å²) in [5.74, 6) is 0.239. The van der Waals surface area contributed by atoms with Gasteiger partial charge in [0.1, 0.15) is 11.6 Å². The second kappa shape index (κ2) is 9.03. The van der Waals surface area contributed by atoms with Crippen LogP contribution in [0.3, 0.4) is 0 Å². The van der Waals surface area contributed by atoms with E-state index in [4.69, 9.17) is 5.73 Å². The Labute approximate surface area is 153 Å². The third-order valence-corrected chi connectivity index (χ3v) is 3.11. The molecule has 0 saturated carbocycles. The van der Waals surface area contributed by atoms with Crippen molar-refractivity contribution in [3.63, 3.8) is 0 Å². The number of hydrogen-bond acceptors (Lipinski definition) is 6. The van der Waals surface area contributed by atoms with Gasteiger partial charge in [0.05, 0.1) is 0 Å². The number of alkyl halides is 3. The number of nitrogens with zero attached hydrogens (tertiary/aromatic N) is 2. The molecule has 0 spiro atoms. The van der Waals surface area contributed by atoms with Crippen LogP contribution in [-0.2, 0) is 0 Å². The van der Waals surface area contributed by atoms with Crippen LogP contribution in [0.5, 0.6) is 5.75 Å². The van der Waals surface area contributed by atoms with Crippen LogP contribution in [-0.4, -0.2) is 35.5 Å². The Kier molecular flexibility index (Phi) is 6.77. The molecule has 0 unspecified atom stereocenters. The molecule has 1 aromatic heterocycles. The summed E-state index contributed by atoms with van der Waals surface area (Å²) in [5.41, 5.74) is 6.35. The van der Waals surface area contributed by atoms with E-state index >= 15 is 0 Å². The van der Waals surface area contributed by atoms with Crippen molar-refractivity contribution in [3.05, 3.63) is 36.0 Å². The third kappa shape index (κ3) is 7.36. The molecule has 0 saturated heterocycles. The number of rotatable bonds is 7. The van der Waals surface area contributed by atoms with Crippen LogP contribution >= 0.6 is 0 Å². The molecule has 146 valence electrons. The number of aromatic nitrogens is 2. The number of hydrogen-bond donors (Lipinski definition) is 4. The molecule has 2 rings (SSSR count). The zero-order valence-corrected chi connectivity index (χ0v) is 14.4. The van der Waals surface area contributed by atoms with Crippen molar-refractivity contribution >= 4 is 23.5 Å². The Balaban J connectivity index is 1.95. The Morgan fingerprint density at radius 2 is 1.89 bits per heavy atom. The maximum absolute atomic E-state index is 12.1. The van der Waals surface area contributed by atoms with Crippen molar-refractivity contribution < 1.29 is 22.7 Å².